The molecule has 0 aliphatic carbocycles. The summed E-state index contributed by atoms with van der Waals surface area (Å²) < 4.78 is 14.5. The van der Waals surface area contributed by atoms with Gasteiger partial charge in [-0.15, -0.1) is 0 Å². The lowest BCUT2D eigenvalue weighted by molar-refractivity contribution is 0.0748. The lowest BCUT2D eigenvalue weighted by atomic mass is 10.0. The van der Waals surface area contributed by atoms with E-state index in [1.54, 1.807) is 24.3 Å². The molecule has 0 unspecified atom stereocenters. The molecule has 1 aliphatic heterocycles. The van der Waals surface area contributed by atoms with Gasteiger partial charge in [-0.25, -0.2) is 9.37 Å². The van der Waals surface area contributed by atoms with Crippen LogP contribution in [-0.2, 0) is 0 Å². The van der Waals surface area contributed by atoms with E-state index in [0.29, 0.717) is 35.4 Å². The lowest BCUT2D eigenvalue weighted by Crippen LogP contribution is -2.49. The van der Waals surface area contributed by atoms with Gasteiger partial charge in [0.25, 0.3) is 5.91 Å². The average molecular weight is 426 g/mol. The maximum absolute atomic E-state index is 14.5. The first-order valence-electron chi connectivity index (χ1n) is 10.9. The number of piperazine rings is 1. The Balaban J connectivity index is 1.46. The molecule has 0 radical (unpaired) electrons. The summed E-state index contributed by atoms with van der Waals surface area (Å²) in [4.78, 5) is 22.4. The Kier molecular flexibility index (Phi) is 5.31. The summed E-state index contributed by atoms with van der Waals surface area (Å²) in [6, 6.07) is 24.2. The van der Waals surface area contributed by atoms with Gasteiger partial charge in [0.15, 0.2) is 0 Å². The highest BCUT2D eigenvalue weighted by Gasteiger charge is 2.25. The van der Waals surface area contributed by atoms with Crippen molar-refractivity contribution >= 4 is 22.5 Å². The number of carbonyl (C=O) groups is 1. The quantitative estimate of drug-likeness (QED) is 0.446. The molecular formula is C27H24FN3O. The molecule has 0 atom stereocenters. The second-order valence-corrected chi connectivity index (χ2v) is 8.12. The standard InChI is InChI=1S/C27H24FN3O/c1-19-8-2-7-13-26(19)30-14-16-31(17-15-30)27(32)22-18-25(21-10-3-5-11-23(21)28)29-24-12-6-4-9-20(22)24/h2-13,18H,14-17H2,1H3. The van der Waals surface area contributed by atoms with Crippen molar-refractivity contribution in [3.63, 3.8) is 0 Å². The van der Waals surface area contributed by atoms with Gasteiger partial charge in [-0.1, -0.05) is 48.5 Å². The smallest absolute Gasteiger partial charge is 0.254 e. The molecule has 0 spiro atoms. The van der Waals surface area contributed by atoms with E-state index >= 15 is 0 Å². The molecule has 0 bridgehead atoms. The van der Waals surface area contributed by atoms with Crippen LogP contribution >= 0.6 is 0 Å². The number of anilines is 1. The predicted octanol–water partition coefficient (Wildman–Crippen LogP) is 5.31. The number of amides is 1. The average Bonchev–Trinajstić information content (AvgIpc) is 2.84. The zero-order valence-corrected chi connectivity index (χ0v) is 18.0. The number of rotatable bonds is 3. The summed E-state index contributed by atoms with van der Waals surface area (Å²) in [6.45, 7) is 4.94. The molecule has 1 amide bonds. The molecule has 32 heavy (non-hydrogen) atoms. The van der Waals surface area contributed by atoms with Crippen molar-refractivity contribution in [3.8, 4) is 11.3 Å². The molecule has 0 N–H and O–H groups in total. The number of halogens is 1. The highest BCUT2D eigenvalue weighted by Crippen LogP contribution is 2.28. The molecule has 160 valence electrons. The second kappa shape index (κ2) is 8.42. The number of carbonyl (C=O) groups excluding carboxylic acids is 1. The zero-order chi connectivity index (χ0) is 22.1. The van der Waals surface area contributed by atoms with Crippen molar-refractivity contribution in [1.82, 2.24) is 9.88 Å². The molecule has 0 saturated carbocycles. The minimum Gasteiger partial charge on any atom is -0.368 e. The van der Waals surface area contributed by atoms with Crippen LogP contribution in [0, 0.1) is 12.7 Å². The van der Waals surface area contributed by atoms with Crippen LogP contribution in [0.2, 0.25) is 0 Å². The summed E-state index contributed by atoms with van der Waals surface area (Å²) >= 11 is 0. The van der Waals surface area contributed by atoms with E-state index in [2.05, 4.69) is 28.9 Å². The number of pyridine rings is 1. The molecule has 4 nitrogen and oxygen atoms in total. The summed E-state index contributed by atoms with van der Waals surface area (Å²) in [5.74, 6) is -0.383. The van der Waals surface area contributed by atoms with Crippen LogP contribution in [0.5, 0.6) is 0 Å². The molecule has 2 heterocycles. The summed E-state index contributed by atoms with van der Waals surface area (Å²) in [5, 5.41) is 0.791. The van der Waals surface area contributed by atoms with Crippen LogP contribution in [0.25, 0.3) is 22.2 Å². The zero-order valence-electron chi connectivity index (χ0n) is 18.0. The van der Waals surface area contributed by atoms with Gasteiger partial charge in [-0.05, 0) is 42.8 Å². The molecule has 1 saturated heterocycles. The van der Waals surface area contributed by atoms with E-state index in [-0.39, 0.29) is 11.7 Å². The van der Waals surface area contributed by atoms with Crippen molar-refractivity contribution in [2.24, 2.45) is 0 Å². The monoisotopic (exact) mass is 425 g/mol. The van der Waals surface area contributed by atoms with Crippen LogP contribution in [0.4, 0.5) is 10.1 Å². The van der Waals surface area contributed by atoms with Gasteiger partial charge in [0.2, 0.25) is 0 Å². The van der Waals surface area contributed by atoms with Crippen LogP contribution in [0.3, 0.4) is 0 Å². The molecule has 3 aromatic carbocycles. The molecule has 4 aromatic rings. The second-order valence-electron chi connectivity index (χ2n) is 8.12. The summed E-state index contributed by atoms with van der Waals surface area (Å²) in [5.41, 5.74) is 4.59. The van der Waals surface area contributed by atoms with Gasteiger partial charge in [-0.2, -0.15) is 0 Å². The maximum Gasteiger partial charge on any atom is 0.254 e. The molecule has 5 heteroatoms. The van der Waals surface area contributed by atoms with E-state index < -0.39 is 0 Å². The fourth-order valence-electron chi connectivity index (χ4n) is 4.40. The van der Waals surface area contributed by atoms with E-state index in [1.807, 2.05) is 41.3 Å². The number of nitrogens with zero attached hydrogens (tertiary/aromatic N) is 3. The molecule has 5 rings (SSSR count). The van der Waals surface area contributed by atoms with Crippen LogP contribution in [0.15, 0.2) is 78.9 Å². The fourth-order valence-corrected chi connectivity index (χ4v) is 4.40. The summed E-state index contributed by atoms with van der Waals surface area (Å²) in [6.07, 6.45) is 0. The third-order valence-electron chi connectivity index (χ3n) is 6.12. The maximum atomic E-state index is 14.5. The molecular weight excluding hydrogens is 401 g/mol. The van der Waals surface area contributed by atoms with Gasteiger partial charge in [0, 0.05) is 42.8 Å². The van der Waals surface area contributed by atoms with E-state index in [1.165, 1.54) is 17.3 Å². The van der Waals surface area contributed by atoms with Gasteiger partial charge >= 0.3 is 0 Å². The molecule has 1 aromatic heterocycles. The van der Waals surface area contributed by atoms with Gasteiger partial charge in [0.05, 0.1) is 16.8 Å². The third-order valence-corrected chi connectivity index (χ3v) is 6.12. The van der Waals surface area contributed by atoms with E-state index in [9.17, 15) is 9.18 Å². The normalized spacial score (nSPS) is 14.1. The Morgan fingerprint density at radius 3 is 2.34 bits per heavy atom. The predicted molar refractivity (Wildman–Crippen MR) is 126 cm³/mol. The topological polar surface area (TPSA) is 36.4 Å². The van der Waals surface area contributed by atoms with E-state index in [0.717, 1.165) is 18.5 Å². The van der Waals surface area contributed by atoms with Crippen molar-refractivity contribution in [3.05, 3.63) is 95.8 Å². The SMILES string of the molecule is Cc1ccccc1N1CCN(C(=O)c2cc(-c3ccccc3F)nc3ccccc23)CC1. The minimum atomic E-state index is -0.347. The van der Waals surface area contributed by atoms with Gasteiger partial charge in [0.1, 0.15) is 5.82 Å². The van der Waals surface area contributed by atoms with Gasteiger partial charge in [-0.3, -0.25) is 4.79 Å². The van der Waals surface area contributed by atoms with Crippen LogP contribution in [0.1, 0.15) is 15.9 Å². The van der Waals surface area contributed by atoms with E-state index in [4.69, 9.17) is 0 Å². The fraction of sp³-hybridized carbons (Fsp3) is 0.185. The van der Waals surface area contributed by atoms with Crippen molar-refractivity contribution in [2.45, 2.75) is 6.92 Å². The number of para-hydroxylation sites is 2. The first-order chi connectivity index (χ1) is 15.6. The number of benzene rings is 3. The van der Waals surface area contributed by atoms with Crippen molar-refractivity contribution in [2.75, 3.05) is 31.1 Å². The first kappa shape index (κ1) is 20.2. The van der Waals surface area contributed by atoms with Crippen molar-refractivity contribution < 1.29 is 9.18 Å². The largest absolute Gasteiger partial charge is 0.368 e. The highest BCUT2D eigenvalue weighted by molar-refractivity contribution is 6.07. The number of fused-ring (bicyclic) bond motifs is 1. The Morgan fingerprint density at radius 1 is 0.875 bits per heavy atom. The minimum absolute atomic E-state index is 0.0365. The molecule has 1 fully saturated rings. The van der Waals surface area contributed by atoms with Crippen LogP contribution < -0.4 is 4.90 Å². The number of aromatic nitrogens is 1. The van der Waals surface area contributed by atoms with Crippen LogP contribution in [-0.4, -0.2) is 42.0 Å². The first-order valence-corrected chi connectivity index (χ1v) is 10.9. The Hall–Kier alpha value is -3.73. The third kappa shape index (κ3) is 3.71. The highest BCUT2D eigenvalue weighted by atomic mass is 19.1. The Morgan fingerprint density at radius 2 is 1.56 bits per heavy atom. The lowest BCUT2D eigenvalue weighted by Gasteiger charge is -2.37. The summed E-state index contributed by atoms with van der Waals surface area (Å²) in [7, 11) is 0. The molecule has 1 aliphatic rings. The van der Waals surface area contributed by atoms with Gasteiger partial charge < -0.3 is 9.80 Å². The van der Waals surface area contributed by atoms with Crippen molar-refractivity contribution in [1.29, 1.82) is 0 Å². The number of hydrogen-bond donors (Lipinski definition) is 0. The Labute approximate surface area is 186 Å². The number of hydrogen-bond acceptors (Lipinski definition) is 3. The number of aryl methyl sites for hydroxylation is 1. The Bertz CT molecular complexity index is 1300.